The predicted octanol–water partition coefficient (Wildman–Crippen LogP) is 3.68. The van der Waals surface area contributed by atoms with Crippen LogP contribution in [-0.2, 0) is 22.4 Å². The second kappa shape index (κ2) is 8.61. The SMILES string of the molecule is O=C(O)c1nc(-c2ccccc2NS(=O)(=O)c2cc(C(F)(F)F)cc(C(F)(F)F)c2)[nH]c(=O)c1O. The van der Waals surface area contributed by atoms with Crippen LogP contribution >= 0.6 is 0 Å². The van der Waals surface area contributed by atoms with Gasteiger partial charge in [-0.25, -0.2) is 18.2 Å². The molecule has 0 atom stereocenters. The summed E-state index contributed by atoms with van der Waals surface area (Å²) in [5.74, 6) is -3.62. The van der Waals surface area contributed by atoms with Gasteiger partial charge < -0.3 is 15.2 Å². The van der Waals surface area contributed by atoms with E-state index in [4.69, 9.17) is 5.11 Å². The number of alkyl halides is 6. The third-order valence-electron chi connectivity index (χ3n) is 4.40. The minimum atomic E-state index is -5.30. The molecule has 3 aromatic rings. The molecule has 0 spiro atoms. The molecule has 0 fully saturated rings. The van der Waals surface area contributed by atoms with Crippen LogP contribution in [0.4, 0.5) is 32.0 Å². The van der Waals surface area contributed by atoms with Crippen molar-refractivity contribution < 1.29 is 49.8 Å². The zero-order valence-corrected chi connectivity index (χ0v) is 17.5. The van der Waals surface area contributed by atoms with Crippen LogP contribution < -0.4 is 10.3 Å². The second-order valence-electron chi connectivity index (χ2n) is 6.81. The highest BCUT2D eigenvalue weighted by atomic mass is 32.2. The van der Waals surface area contributed by atoms with Gasteiger partial charge in [-0.2, -0.15) is 26.3 Å². The summed E-state index contributed by atoms with van der Waals surface area (Å²) in [5, 5.41) is 18.6. The molecule has 0 amide bonds. The van der Waals surface area contributed by atoms with E-state index in [0.29, 0.717) is 0 Å². The van der Waals surface area contributed by atoms with E-state index in [1.807, 2.05) is 9.71 Å². The number of carbonyl (C=O) groups is 1. The molecule has 0 bridgehead atoms. The Bertz CT molecular complexity index is 1450. The van der Waals surface area contributed by atoms with Crippen molar-refractivity contribution >= 4 is 21.7 Å². The van der Waals surface area contributed by atoms with Gasteiger partial charge in [0, 0.05) is 5.56 Å². The number of carboxylic acid groups (broad SMARTS) is 1. The number of rotatable bonds is 5. The molecular weight excluding hydrogens is 512 g/mol. The van der Waals surface area contributed by atoms with Crippen LogP contribution in [0.25, 0.3) is 11.4 Å². The van der Waals surface area contributed by atoms with E-state index in [2.05, 4.69) is 4.98 Å². The van der Waals surface area contributed by atoms with Crippen molar-refractivity contribution in [1.82, 2.24) is 9.97 Å². The van der Waals surface area contributed by atoms with E-state index in [0.717, 1.165) is 12.1 Å². The number of aromatic hydroxyl groups is 1. The summed E-state index contributed by atoms with van der Waals surface area (Å²) >= 11 is 0. The molecule has 0 radical (unpaired) electrons. The maximum absolute atomic E-state index is 13.1. The van der Waals surface area contributed by atoms with Gasteiger partial charge in [0.25, 0.3) is 15.6 Å². The van der Waals surface area contributed by atoms with Crippen LogP contribution in [0.5, 0.6) is 5.75 Å². The lowest BCUT2D eigenvalue weighted by Crippen LogP contribution is -2.19. The summed E-state index contributed by atoms with van der Waals surface area (Å²) in [6.45, 7) is 0. The van der Waals surface area contributed by atoms with E-state index >= 15 is 0 Å². The molecule has 0 saturated heterocycles. The highest BCUT2D eigenvalue weighted by Gasteiger charge is 2.38. The number of benzene rings is 2. The maximum atomic E-state index is 13.1. The number of aromatic amines is 1. The maximum Gasteiger partial charge on any atom is 0.416 e. The lowest BCUT2D eigenvalue weighted by molar-refractivity contribution is -0.143. The number of H-pyrrole nitrogens is 1. The molecule has 1 heterocycles. The molecule has 0 aliphatic rings. The Balaban J connectivity index is 2.16. The van der Waals surface area contributed by atoms with Gasteiger partial charge in [0.1, 0.15) is 5.82 Å². The third kappa shape index (κ3) is 5.37. The molecule has 35 heavy (non-hydrogen) atoms. The number of para-hydroxylation sites is 1. The number of nitrogens with one attached hydrogen (secondary N) is 2. The zero-order chi connectivity index (χ0) is 26.3. The minimum Gasteiger partial charge on any atom is -0.501 e. The summed E-state index contributed by atoms with van der Waals surface area (Å²) in [6, 6.07) is 4.42. The molecule has 9 nitrogen and oxygen atoms in total. The minimum absolute atomic E-state index is 0.00337. The Kier molecular flexibility index (Phi) is 6.28. The second-order valence-corrected chi connectivity index (χ2v) is 8.49. The Labute approximate surface area is 190 Å². The summed E-state index contributed by atoms with van der Waals surface area (Å²) in [7, 11) is -5.09. The topological polar surface area (TPSA) is 149 Å². The lowest BCUT2D eigenvalue weighted by atomic mass is 10.1. The van der Waals surface area contributed by atoms with Crippen molar-refractivity contribution in [1.29, 1.82) is 0 Å². The van der Waals surface area contributed by atoms with Crippen LogP contribution in [0.3, 0.4) is 0 Å². The van der Waals surface area contributed by atoms with Crippen LogP contribution in [0, 0.1) is 0 Å². The first kappa shape index (κ1) is 25.5. The number of aromatic nitrogens is 2. The van der Waals surface area contributed by atoms with Gasteiger partial charge in [-0.15, -0.1) is 0 Å². The summed E-state index contributed by atoms with van der Waals surface area (Å²) in [6.07, 6.45) is -10.6. The van der Waals surface area contributed by atoms with Gasteiger partial charge in [-0.05, 0) is 30.3 Å². The van der Waals surface area contributed by atoms with Crippen LogP contribution in [-0.4, -0.2) is 34.6 Å². The van der Waals surface area contributed by atoms with E-state index in [1.54, 1.807) is 0 Å². The van der Waals surface area contributed by atoms with Crippen LogP contribution in [0.1, 0.15) is 21.6 Å². The quantitative estimate of drug-likeness (QED) is 0.373. The van der Waals surface area contributed by atoms with Crippen molar-refractivity contribution in [2.75, 3.05) is 4.72 Å². The molecule has 2 aromatic carbocycles. The first-order valence-electron chi connectivity index (χ1n) is 8.99. The van der Waals surface area contributed by atoms with E-state index in [-0.39, 0.29) is 23.8 Å². The Morgan fingerprint density at radius 3 is 2.03 bits per heavy atom. The fourth-order valence-corrected chi connectivity index (χ4v) is 3.96. The monoisotopic (exact) mass is 523 g/mol. The number of nitrogens with zero attached hydrogens (tertiary/aromatic N) is 1. The zero-order valence-electron chi connectivity index (χ0n) is 16.7. The molecule has 0 unspecified atom stereocenters. The number of hydrogen-bond donors (Lipinski definition) is 4. The molecule has 1 aromatic heterocycles. The van der Waals surface area contributed by atoms with Gasteiger partial charge in [-0.1, -0.05) is 12.1 Å². The Morgan fingerprint density at radius 2 is 1.51 bits per heavy atom. The van der Waals surface area contributed by atoms with Crippen LogP contribution in [0.15, 0.2) is 52.2 Å². The van der Waals surface area contributed by atoms with Gasteiger partial charge in [-0.3, -0.25) is 9.52 Å². The standard InChI is InChI=1S/C19H11F6N3O6S/c20-18(21,22)8-5-9(19(23,24)25)7-10(6-8)35(33,34)28-12-4-2-1-3-11(12)15-26-13(17(31)32)14(29)16(30)27-15/h1-7,28-29H,(H,31,32)(H,26,27,30). The number of hydrogen-bond acceptors (Lipinski definition) is 6. The van der Waals surface area contributed by atoms with Crippen molar-refractivity contribution in [3.05, 3.63) is 69.6 Å². The summed E-state index contributed by atoms with van der Waals surface area (Å²) in [5.41, 5.74) is -6.91. The number of halogens is 6. The first-order chi connectivity index (χ1) is 16.0. The fourth-order valence-electron chi connectivity index (χ4n) is 2.81. The van der Waals surface area contributed by atoms with Gasteiger partial charge in [0.05, 0.1) is 21.7 Å². The van der Waals surface area contributed by atoms with Gasteiger partial charge >= 0.3 is 18.3 Å². The summed E-state index contributed by atoms with van der Waals surface area (Å²) in [4.78, 5) is 27.2. The van der Waals surface area contributed by atoms with Crippen molar-refractivity contribution in [3.8, 4) is 17.1 Å². The van der Waals surface area contributed by atoms with E-state index in [1.165, 1.54) is 12.1 Å². The van der Waals surface area contributed by atoms with Gasteiger partial charge in [0.2, 0.25) is 5.75 Å². The Hall–Kier alpha value is -4.08. The molecule has 0 aliphatic carbocycles. The first-order valence-corrected chi connectivity index (χ1v) is 10.5. The molecule has 186 valence electrons. The normalized spacial score (nSPS) is 12.4. The lowest BCUT2D eigenvalue weighted by Gasteiger charge is -2.16. The predicted molar refractivity (Wildman–Crippen MR) is 106 cm³/mol. The number of aromatic carboxylic acids is 1. The Morgan fingerprint density at radius 1 is 0.971 bits per heavy atom. The largest absolute Gasteiger partial charge is 0.501 e. The van der Waals surface area contributed by atoms with Crippen LogP contribution in [0.2, 0.25) is 0 Å². The third-order valence-corrected chi connectivity index (χ3v) is 5.74. The average Bonchev–Trinajstić information content (AvgIpc) is 2.74. The van der Waals surface area contributed by atoms with Crippen molar-refractivity contribution in [3.63, 3.8) is 0 Å². The molecule has 16 heteroatoms. The molecule has 0 aliphatic heterocycles. The highest BCUT2D eigenvalue weighted by Crippen LogP contribution is 2.38. The molecule has 4 N–H and O–H groups in total. The fraction of sp³-hybridized carbons (Fsp3) is 0.105. The number of carboxylic acids is 1. The number of anilines is 1. The number of sulfonamides is 1. The molecule has 3 rings (SSSR count). The molecular formula is C19H11F6N3O6S. The highest BCUT2D eigenvalue weighted by molar-refractivity contribution is 7.92. The smallest absolute Gasteiger partial charge is 0.416 e. The summed E-state index contributed by atoms with van der Waals surface area (Å²) < 4.78 is 106. The molecule has 0 saturated carbocycles. The average molecular weight is 523 g/mol. The van der Waals surface area contributed by atoms with Crippen molar-refractivity contribution in [2.24, 2.45) is 0 Å². The van der Waals surface area contributed by atoms with E-state index < -0.39 is 72.9 Å². The van der Waals surface area contributed by atoms with Crippen molar-refractivity contribution in [2.45, 2.75) is 17.2 Å². The van der Waals surface area contributed by atoms with Gasteiger partial charge in [0.15, 0.2) is 5.69 Å². The van der Waals surface area contributed by atoms with E-state index in [9.17, 15) is 49.5 Å².